The van der Waals surface area contributed by atoms with E-state index >= 15 is 0 Å². The fourth-order valence-electron chi connectivity index (χ4n) is 9.27. The highest BCUT2D eigenvalue weighted by molar-refractivity contribution is 5.25. The summed E-state index contributed by atoms with van der Waals surface area (Å²) >= 11 is 0. The summed E-state index contributed by atoms with van der Waals surface area (Å²) in [5.74, 6) is 5.18. The van der Waals surface area contributed by atoms with Gasteiger partial charge in [-0.2, -0.15) is 0 Å². The maximum Gasteiger partial charge on any atom is 0.0577 e. The third kappa shape index (κ3) is 4.00. The average Bonchev–Trinajstić information content (AvgIpc) is 3.11. The van der Waals surface area contributed by atoms with Crippen molar-refractivity contribution in [1.29, 1.82) is 0 Å². The van der Waals surface area contributed by atoms with Crippen LogP contribution in [0, 0.1) is 46.3 Å². The van der Waals surface area contributed by atoms with Gasteiger partial charge in [-0.05, 0) is 123 Å². The Morgan fingerprint density at radius 3 is 2.58 bits per heavy atom. The molecule has 1 heteroatoms. The predicted molar refractivity (Wildman–Crippen MR) is 133 cm³/mol. The molecule has 0 spiro atoms. The molecule has 0 saturated heterocycles. The lowest BCUT2D eigenvalue weighted by atomic mass is 9.47. The zero-order valence-electron chi connectivity index (χ0n) is 21.3. The van der Waals surface area contributed by atoms with E-state index in [1.54, 1.807) is 5.57 Å². The van der Waals surface area contributed by atoms with Crippen molar-refractivity contribution >= 4 is 0 Å². The van der Waals surface area contributed by atoms with Crippen LogP contribution in [0.5, 0.6) is 0 Å². The smallest absolute Gasteiger partial charge is 0.0577 e. The molecule has 1 nitrogen and oxygen atoms in total. The summed E-state index contributed by atoms with van der Waals surface area (Å²) in [7, 11) is 0. The molecule has 0 heterocycles. The van der Waals surface area contributed by atoms with E-state index in [1.165, 1.54) is 63.4 Å². The van der Waals surface area contributed by atoms with E-state index in [0.29, 0.717) is 10.8 Å². The van der Waals surface area contributed by atoms with Crippen molar-refractivity contribution in [2.45, 2.75) is 118 Å². The van der Waals surface area contributed by atoms with E-state index in [2.05, 4.69) is 47.3 Å². The molecular formula is C30H50O. The van der Waals surface area contributed by atoms with Crippen LogP contribution in [-0.4, -0.2) is 11.2 Å². The van der Waals surface area contributed by atoms with Crippen LogP contribution in [0.1, 0.15) is 112 Å². The summed E-state index contributed by atoms with van der Waals surface area (Å²) in [6.45, 7) is 16.8. The van der Waals surface area contributed by atoms with Crippen molar-refractivity contribution in [3.63, 3.8) is 0 Å². The fraction of sp³-hybridized carbons (Fsp3) is 0.867. The first kappa shape index (κ1) is 23.6. The van der Waals surface area contributed by atoms with Crippen LogP contribution < -0.4 is 0 Å². The fourth-order valence-corrected chi connectivity index (χ4v) is 9.27. The molecule has 0 aliphatic heterocycles. The number of hydrogen-bond donors (Lipinski definition) is 1. The van der Waals surface area contributed by atoms with Gasteiger partial charge in [0.15, 0.2) is 0 Å². The Bertz CT molecular complexity index is 691. The molecule has 0 bridgehead atoms. The molecule has 0 unspecified atom stereocenters. The molecule has 176 valence electrons. The van der Waals surface area contributed by atoms with Crippen molar-refractivity contribution in [2.24, 2.45) is 46.3 Å². The van der Waals surface area contributed by atoms with Gasteiger partial charge in [-0.15, -0.1) is 0 Å². The molecule has 4 aliphatic rings. The first-order valence-electron chi connectivity index (χ1n) is 13.8. The van der Waals surface area contributed by atoms with E-state index in [4.69, 9.17) is 0 Å². The molecule has 4 rings (SSSR count). The van der Waals surface area contributed by atoms with Crippen LogP contribution >= 0.6 is 0 Å². The van der Waals surface area contributed by atoms with Crippen molar-refractivity contribution in [3.8, 4) is 0 Å². The first-order valence-corrected chi connectivity index (χ1v) is 13.8. The number of allylic oxidation sites excluding steroid dienone is 2. The van der Waals surface area contributed by atoms with Gasteiger partial charge in [0.2, 0.25) is 0 Å². The molecule has 4 aliphatic carbocycles. The number of fused-ring (bicyclic) bond motifs is 5. The molecule has 0 aromatic heterocycles. The lowest BCUT2D eigenvalue weighted by Gasteiger charge is -2.58. The summed E-state index contributed by atoms with van der Waals surface area (Å²) in [4.78, 5) is 0. The minimum absolute atomic E-state index is 0.0859. The summed E-state index contributed by atoms with van der Waals surface area (Å²) in [5.41, 5.74) is 4.02. The number of aliphatic hydroxyl groups excluding tert-OH is 1. The molecule has 1 N–H and O–H groups in total. The molecule has 31 heavy (non-hydrogen) atoms. The second kappa shape index (κ2) is 9.00. The van der Waals surface area contributed by atoms with Crippen molar-refractivity contribution in [3.05, 3.63) is 23.8 Å². The molecule has 0 amide bonds. The average molecular weight is 427 g/mol. The van der Waals surface area contributed by atoms with E-state index in [-0.39, 0.29) is 6.10 Å². The summed E-state index contributed by atoms with van der Waals surface area (Å²) < 4.78 is 0. The van der Waals surface area contributed by atoms with E-state index in [9.17, 15) is 5.11 Å². The monoisotopic (exact) mass is 426 g/mol. The van der Waals surface area contributed by atoms with Crippen LogP contribution in [0.2, 0.25) is 0 Å². The molecule has 0 radical (unpaired) electrons. The van der Waals surface area contributed by atoms with E-state index in [1.807, 2.05) is 0 Å². The molecule has 3 saturated carbocycles. The minimum atomic E-state index is -0.0859. The normalized spacial score (nSPS) is 43.9. The lowest BCUT2D eigenvalue weighted by Crippen LogP contribution is -2.50. The predicted octanol–water partition coefficient (Wildman–Crippen LogP) is 8.34. The number of rotatable bonds is 7. The van der Waals surface area contributed by atoms with Gasteiger partial charge in [-0.1, -0.05) is 58.4 Å². The van der Waals surface area contributed by atoms with Crippen molar-refractivity contribution < 1.29 is 5.11 Å². The van der Waals surface area contributed by atoms with Crippen molar-refractivity contribution in [1.82, 2.24) is 0 Å². The Balaban J connectivity index is 1.46. The highest BCUT2D eigenvalue weighted by atomic mass is 16.3. The van der Waals surface area contributed by atoms with Crippen LogP contribution in [0.25, 0.3) is 0 Å². The van der Waals surface area contributed by atoms with E-state index in [0.717, 1.165) is 54.8 Å². The summed E-state index contributed by atoms with van der Waals surface area (Å²) in [5, 5.41) is 10.3. The Morgan fingerprint density at radius 2 is 1.87 bits per heavy atom. The van der Waals surface area contributed by atoms with Gasteiger partial charge < -0.3 is 5.11 Å². The summed E-state index contributed by atoms with van der Waals surface area (Å²) in [6, 6.07) is 0. The second-order valence-corrected chi connectivity index (χ2v) is 12.6. The third-order valence-electron chi connectivity index (χ3n) is 11.3. The number of aliphatic hydroxyl groups is 1. The molecule has 3 fully saturated rings. The van der Waals surface area contributed by atoms with Crippen LogP contribution in [-0.2, 0) is 0 Å². The minimum Gasteiger partial charge on any atom is -0.393 e. The maximum atomic E-state index is 10.3. The molecule has 9 atom stereocenters. The quantitative estimate of drug-likeness (QED) is 0.406. The third-order valence-corrected chi connectivity index (χ3v) is 11.3. The Hall–Kier alpha value is -0.560. The van der Waals surface area contributed by atoms with Gasteiger partial charge in [0.05, 0.1) is 6.10 Å². The first-order chi connectivity index (χ1) is 14.7. The van der Waals surface area contributed by atoms with Gasteiger partial charge in [-0.25, -0.2) is 0 Å². The van der Waals surface area contributed by atoms with E-state index < -0.39 is 0 Å². The van der Waals surface area contributed by atoms with Crippen LogP contribution in [0.15, 0.2) is 23.8 Å². The van der Waals surface area contributed by atoms with Gasteiger partial charge in [0, 0.05) is 0 Å². The van der Waals surface area contributed by atoms with Crippen LogP contribution in [0.3, 0.4) is 0 Å². The van der Waals surface area contributed by atoms with Crippen LogP contribution in [0.4, 0.5) is 0 Å². The number of hydrogen-bond acceptors (Lipinski definition) is 1. The zero-order valence-corrected chi connectivity index (χ0v) is 21.3. The molecular weight excluding hydrogens is 376 g/mol. The SMILES string of the molecule is C=C(CC)[C@H](CC)CC[C@@H](C)[C@H]1CC[C@H]2[C@@H]3CC=C4C[C@@H](O)CC[C@]4(C)[C@H]3CC[C@]12C. The Kier molecular flexibility index (Phi) is 6.85. The largest absolute Gasteiger partial charge is 0.393 e. The van der Waals surface area contributed by atoms with Crippen molar-refractivity contribution in [2.75, 3.05) is 0 Å². The maximum absolute atomic E-state index is 10.3. The summed E-state index contributed by atoms with van der Waals surface area (Å²) in [6.07, 6.45) is 17.9. The zero-order chi connectivity index (χ0) is 22.4. The van der Waals surface area contributed by atoms with Gasteiger partial charge >= 0.3 is 0 Å². The lowest BCUT2D eigenvalue weighted by molar-refractivity contribution is -0.0574. The van der Waals surface area contributed by atoms with Gasteiger partial charge in [0.1, 0.15) is 0 Å². The van der Waals surface area contributed by atoms with Gasteiger partial charge in [-0.3, -0.25) is 0 Å². The Morgan fingerprint density at radius 1 is 1.10 bits per heavy atom. The second-order valence-electron chi connectivity index (χ2n) is 12.6. The highest BCUT2D eigenvalue weighted by Gasteiger charge is 2.59. The topological polar surface area (TPSA) is 20.2 Å². The molecule has 0 aromatic carbocycles. The Labute approximate surface area is 193 Å². The highest BCUT2D eigenvalue weighted by Crippen LogP contribution is 2.67. The molecule has 0 aromatic rings. The van der Waals surface area contributed by atoms with Gasteiger partial charge in [0.25, 0.3) is 0 Å². The standard InChI is InChI=1S/C30H50O/c1-7-20(3)22(8-2)10-9-21(4)26-13-14-27-25-12-11-23-19-24(31)15-17-29(23,5)28(25)16-18-30(26,27)6/h11,21-22,24-28,31H,3,7-10,12-19H2,1-2,4-6H3/t21-,22-,24+,25+,26-,27+,28+,29+,30-/m1/s1.